The fourth-order valence-corrected chi connectivity index (χ4v) is 1.79. The third-order valence-corrected chi connectivity index (χ3v) is 2.92. The zero-order valence-electron chi connectivity index (χ0n) is 11.3. The molecule has 0 heterocycles. The van der Waals surface area contributed by atoms with E-state index < -0.39 is 16.9 Å². The van der Waals surface area contributed by atoms with E-state index in [1.807, 2.05) is 6.92 Å². The summed E-state index contributed by atoms with van der Waals surface area (Å²) in [6.07, 6.45) is 1.75. The van der Waals surface area contributed by atoms with Crippen LogP contribution in [0, 0.1) is 17.0 Å². The van der Waals surface area contributed by atoms with Gasteiger partial charge in [-0.25, -0.2) is 0 Å². The molecular formula is C13H19N3O4. The van der Waals surface area contributed by atoms with Gasteiger partial charge in [-0.05, 0) is 37.8 Å². The van der Waals surface area contributed by atoms with E-state index in [1.54, 1.807) is 12.1 Å². The summed E-state index contributed by atoms with van der Waals surface area (Å²) in [5.41, 5.74) is 6.84. The summed E-state index contributed by atoms with van der Waals surface area (Å²) in [6.45, 7) is 2.40. The fraction of sp³-hybridized carbons (Fsp3) is 0.462. The number of hydrogen-bond acceptors (Lipinski definition) is 5. The average Bonchev–Trinajstić information content (AvgIpc) is 2.37. The van der Waals surface area contributed by atoms with Gasteiger partial charge in [0.05, 0.1) is 4.92 Å². The topological polar surface area (TPSA) is 118 Å². The van der Waals surface area contributed by atoms with Crippen molar-refractivity contribution in [1.82, 2.24) is 0 Å². The second kappa shape index (κ2) is 7.44. The SMILES string of the molecule is Cc1ccc([N+](=O)[O-])c(NCCCC[C@H](N)C(=O)O)c1. The molecule has 0 aromatic heterocycles. The van der Waals surface area contributed by atoms with E-state index in [2.05, 4.69) is 5.32 Å². The number of nitrogens with one attached hydrogen (secondary N) is 1. The van der Waals surface area contributed by atoms with Crippen molar-refractivity contribution in [1.29, 1.82) is 0 Å². The Morgan fingerprint density at radius 1 is 1.50 bits per heavy atom. The summed E-state index contributed by atoms with van der Waals surface area (Å²) < 4.78 is 0. The van der Waals surface area contributed by atoms with Crippen LogP contribution >= 0.6 is 0 Å². The molecule has 1 aromatic carbocycles. The van der Waals surface area contributed by atoms with Crippen molar-refractivity contribution in [3.8, 4) is 0 Å². The fourth-order valence-electron chi connectivity index (χ4n) is 1.79. The van der Waals surface area contributed by atoms with E-state index in [0.717, 1.165) is 5.56 Å². The van der Waals surface area contributed by atoms with Crippen molar-refractivity contribution in [2.75, 3.05) is 11.9 Å². The molecule has 7 nitrogen and oxygen atoms in total. The maximum absolute atomic E-state index is 10.9. The van der Waals surface area contributed by atoms with Gasteiger partial charge < -0.3 is 16.2 Å². The lowest BCUT2D eigenvalue weighted by molar-refractivity contribution is -0.384. The molecule has 4 N–H and O–H groups in total. The highest BCUT2D eigenvalue weighted by atomic mass is 16.6. The minimum absolute atomic E-state index is 0.0397. The highest BCUT2D eigenvalue weighted by Crippen LogP contribution is 2.25. The van der Waals surface area contributed by atoms with Crippen molar-refractivity contribution in [2.45, 2.75) is 32.2 Å². The van der Waals surface area contributed by atoms with Crippen LogP contribution in [-0.2, 0) is 4.79 Å². The van der Waals surface area contributed by atoms with E-state index in [4.69, 9.17) is 10.8 Å². The lowest BCUT2D eigenvalue weighted by Crippen LogP contribution is -2.29. The molecule has 110 valence electrons. The molecule has 0 fully saturated rings. The van der Waals surface area contributed by atoms with Gasteiger partial charge in [-0.1, -0.05) is 6.07 Å². The number of aliphatic carboxylic acids is 1. The summed E-state index contributed by atoms with van der Waals surface area (Å²) in [5.74, 6) is -1.01. The third-order valence-electron chi connectivity index (χ3n) is 2.92. The zero-order valence-corrected chi connectivity index (χ0v) is 11.3. The number of nitro benzene ring substituents is 1. The van der Waals surface area contributed by atoms with Crippen LogP contribution < -0.4 is 11.1 Å². The van der Waals surface area contributed by atoms with Crippen LogP contribution in [0.5, 0.6) is 0 Å². The van der Waals surface area contributed by atoms with Crippen LogP contribution in [0.1, 0.15) is 24.8 Å². The molecule has 0 saturated heterocycles. The first-order chi connectivity index (χ1) is 9.41. The number of nitro groups is 1. The number of unbranched alkanes of at least 4 members (excludes halogenated alkanes) is 1. The number of rotatable bonds is 8. The second-order valence-corrected chi connectivity index (χ2v) is 4.65. The molecule has 1 rings (SSSR count). The molecule has 1 aromatic rings. The van der Waals surface area contributed by atoms with Gasteiger partial charge in [-0.3, -0.25) is 14.9 Å². The van der Waals surface area contributed by atoms with Gasteiger partial charge in [0, 0.05) is 12.6 Å². The highest BCUT2D eigenvalue weighted by Gasteiger charge is 2.13. The summed E-state index contributed by atoms with van der Waals surface area (Å²) in [4.78, 5) is 21.0. The van der Waals surface area contributed by atoms with Gasteiger partial charge in [0.1, 0.15) is 11.7 Å². The van der Waals surface area contributed by atoms with Crippen molar-refractivity contribution in [3.05, 3.63) is 33.9 Å². The normalized spacial score (nSPS) is 11.9. The van der Waals surface area contributed by atoms with Crippen LogP contribution in [0.15, 0.2) is 18.2 Å². The zero-order chi connectivity index (χ0) is 15.1. The Kier molecular flexibility index (Phi) is 5.92. The van der Waals surface area contributed by atoms with E-state index >= 15 is 0 Å². The number of nitrogens with two attached hydrogens (primary N) is 1. The van der Waals surface area contributed by atoms with Gasteiger partial charge >= 0.3 is 5.97 Å². The predicted molar refractivity (Wildman–Crippen MR) is 75.8 cm³/mol. The lowest BCUT2D eigenvalue weighted by Gasteiger charge is -2.09. The molecule has 0 aliphatic carbocycles. The van der Waals surface area contributed by atoms with Crippen molar-refractivity contribution < 1.29 is 14.8 Å². The highest BCUT2D eigenvalue weighted by molar-refractivity contribution is 5.72. The largest absolute Gasteiger partial charge is 0.480 e. The molecule has 7 heteroatoms. The first kappa shape index (κ1) is 15.9. The minimum atomic E-state index is -1.01. The van der Waals surface area contributed by atoms with Gasteiger partial charge in [0.15, 0.2) is 0 Å². The quantitative estimate of drug-likeness (QED) is 0.380. The molecule has 20 heavy (non-hydrogen) atoms. The molecule has 0 bridgehead atoms. The maximum Gasteiger partial charge on any atom is 0.320 e. The average molecular weight is 281 g/mol. The molecule has 0 radical (unpaired) electrons. The molecule has 0 amide bonds. The van der Waals surface area contributed by atoms with E-state index in [-0.39, 0.29) is 5.69 Å². The first-order valence-electron chi connectivity index (χ1n) is 6.39. The van der Waals surface area contributed by atoms with Crippen LogP contribution in [0.4, 0.5) is 11.4 Å². The Hall–Kier alpha value is -2.15. The van der Waals surface area contributed by atoms with Gasteiger partial charge in [0.25, 0.3) is 5.69 Å². The minimum Gasteiger partial charge on any atom is -0.480 e. The smallest absolute Gasteiger partial charge is 0.320 e. The van der Waals surface area contributed by atoms with Crippen LogP contribution in [0.25, 0.3) is 0 Å². The van der Waals surface area contributed by atoms with Crippen LogP contribution in [-0.4, -0.2) is 28.6 Å². The number of carboxylic acid groups (broad SMARTS) is 1. The number of hydrogen-bond donors (Lipinski definition) is 3. The Morgan fingerprint density at radius 2 is 2.20 bits per heavy atom. The van der Waals surface area contributed by atoms with Gasteiger partial charge in [-0.15, -0.1) is 0 Å². The third kappa shape index (κ3) is 4.85. The lowest BCUT2D eigenvalue weighted by atomic mass is 10.1. The molecule has 0 spiro atoms. The Morgan fingerprint density at radius 3 is 2.80 bits per heavy atom. The number of carbonyl (C=O) groups is 1. The number of anilines is 1. The van der Waals surface area contributed by atoms with Crippen LogP contribution in [0.2, 0.25) is 0 Å². The standard InChI is InChI=1S/C13H19N3O4/c1-9-5-6-12(16(19)20)11(8-9)15-7-3-2-4-10(14)13(17)18/h5-6,8,10,15H,2-4,7,14H2,1H3,(H,17,18)/t10-/m0/s1. The van der Waals surface area contributed by atoms with Gasteiger partial charge in [-0.2, -0.15) is 0 Å². The second-order valence-electron chi connectivity index (χ2n) is 4.65. The molecular weight excluding hydrogens is 262 g/mol. The Labute approximate surface area is 116 Å². The molecule has 0 aliphatic rings. The monoisotopic (exact) mass is 281 g/mol. The molecule has 0 unspecified atom stereocenters. The van der Waals surface area contributed by atoms with Crippen LogP contribution in [0.3, 0.4) is 0 Å². The van der Waals surface area contributed by atoms with Gasteiger partial charge in [0.2, 0.25) is 0 Å². The van der Waals surface area contributed by atoms with E-state index in [0.29, 0.717) is 31.5 Å². The Balaban J connectivity index is 2.44. The van der Waals surface area contributed by atoms with Crippen molar-refractivity contribution in [3.63, 3.8) is 0 Å². The summed E-state index contributed by atoms with van der Waals surface area (Å²) >= 11 is 0. The van der Waals surface area contributed by atoms with Crippen molar-refractivity contribution >= 4 is 17.3 Å². The summed E-state index contributed by atoms with van der Waals surface area (Å²) in [5, 5.41) is 22.5. The number of benzene rings is 1. The summed E-state index contributed by atoms with van der Waals surface area (Å²) in [7, 11) is 0. The maximum atomic E-state index is 10.9. The molecule has 0 saturated carbocycles. The number of aryl methyl sites for hydroxylation is 1. The van der Waals surface area contributed by atoms with Crippen molar-refractivity contribution in [2.24, 2.45) is 5.73 Å². The molecule has 0 aliphatic heterocycles. The first-order valence-corrected chi connectivity index (χ1v) is 6.39. The molecule has 1 atom stereocenters. The van der Waals surface area contributed by atoms with E-state index in [1.165, 1.54) is 6.07 Å². The van der Waals surface area contributed by atoms with E-state index in [9.17, 15) is 14.9 Å². The number of carboxylic acids is 1. The number of nitrogens with zero attached hydrogens (tertiary/aromatic N) is 1. The Bertz CT molecular complexity index is 491. The predicted octanol–water partition coefficient (Wildman–Crippen LogP) is 1.90. The summed E-state index contributed by atoms with van der Waals surface area (Å²) in [6, 6.07) is 4.04.